The topological polar surface area (TPSA) is 78.9 Å². The number of carbonyl (C=O) groups is 3. The highest BCUT2D eigenvalue weighted by Crippen LogP contribution is 2.16. The van der Waals surface area contributed by atoms with Crippen LogP contribution in [0.1, 0.15) is 297 Å². The zero-order valence-corrected chi connectivity index (χ0v) is 45.1. The van der Waals surface area contributed by atoms with Gasteiger partial charge in [0.25, 0.3) is 0 Å². The van der Waals surface area contributed by atoms with Crippen molar-refractivity contribution < 1.29 is 28.6 Å². The quantitative estimate of drug-likeness (QED) is 0.0262. The van der Waals surface area contributed by atoms with Crippen molar-refractivity contribution in [3.8, 4) is 0 Å². The predicted octanol–water partition coefficient (Wildman–Crippen LogP) is 19.6. The van der Waals surface area contributed by atoms with E-state index >= 15 is 0 Å². The summed E-state index contributed by atoms with van der Waals surface area (Å²) in [4.78, 5) is 38.1. The summed E-state index contributed by atoms with van der Waals surface area (Å²) in [5.41, 5.74) is 0. The predicted molar refractivity (Wildman–Crippen MR) is 293 cm³/mol. The Morgan fingerprint density at radius 3 is 0.897 bits per heavy atom. The Morgan fingerprint density at radius 2 is 0.574 bits per heavy atom. The molecule has 0 N–H and O–H groups in total. The minimum Gasteiger partial charge on any atom is -0.462 e. The van der Waals surface area contributed by atoms with Crippen LogP contribution in [0.25, 0.3) is 0 Å². The summed E-state index contributed by atoms with van der Waals surface area (Å²) in [6, 6.07) is 0. The maximum atomic E-state index is 12.8. The summed E-state index contributed by atoms with van der Waals surface area (Å²) < 4.78 is 16.8. The molecule has 0 aromatic rings. The van der Waals surface area contributed by atoms with Gasteiger partial charge in [-0.1, -0.05) is 255 Å². The summed E-state index contributed by atoms with van der Waals surface area (Å²) >= 11 is 0. The Kier molecular flexibility index (Phi) is 54.3. The van der Waals surface area contributed by atoms with E-state index in [1.165, 1.54) is 167 Å². The molecule has 0 saturated carbocycles. The number of hydrogen-bond donors (Lipinski definition) is 0. The second kappa shape index (κ2) is 56.7. The zero-order chi connectivity index (χ0) is 49.3. The van der Waals surface area contributed by atoms with Gasteiger partial charge in [0, 0.05) is 19.3 Å². The van der Waals surface area contributed by atoms with Gasteiger partial charge in [-0.15, -0.1) is 0 Å². The summed E-state index contributed by atoms with van der Waals surface area (Å²) in [5.74, 6) is -0.879. The Morgan fingerprint density at radius 1 is 0.309 bits per heavy atom. The molecule has 1 unspecified atom stereocenters. The Balaban J connectivity index is 4.26. The molecule has 68 heavy (non-hydrogen) atoms. The molecule has 0 spiro atoms. The number of allylic oxidation sites excluding steroid dienone is 10. The van der Waals surface area contributed by atoms with Crippen molar-refractivity contribution in [2.75, 3.05) is 13.2 Å². The molecular weight excluding hydrogens is 841 g/mol. The van der Waals surface area contributed by atoms with E-state index < -0.39 is 6.10 Å². The maximum Gasteiger partial charge on any atom is 0.306 e. The Bertz CT molecular complexity index is 1230. The van der Waals surface area contributed by atoms with Gasteiger partial charge in [0.2, 0.25) is 0 Å². The van der Waals surface area contributed by atoms with Crippen LogP contribution in [0.4, 0.5) is 0 Å². The van der Waals surface area contributed by atoms with Crippen molar-refractivity contribution in [3.05, 3.63) is 60.8 Å². The van der Waals surface area contributed by atoms with Crippen molar-refractivity contribution in [3.63, 3.8) is 0 Å². The summed E-state index contributed by atoms with van der Waals surface area (Å²) in [5, 5.41) is 0. The fraction of sp³-hybridized carbons (Fsp3) is 0.790. The largest absolute Gasteiger partial charge is 0.462 e. The lowest BCUT2D eigenvalue weighted by Gasteiger charge is -2.18. The molecule has 6 heteroatoms. The van der Waals surface area contributed by atoms with Gasteiger partial charge in [0.1, 0.15) is 13.2 Å². The number of ether oxygens (including phenoxy) is 3. The molecular formula is C62H110O6. The van der Waals surface area contributed by atoms with Gasteiger partial charge < -0.3 is 14.2 Å². The number of hydrogen-bond acceptors (Lipinski definition) is 6. The van der Waals surface area contributed by atoms with E-state index in [9.17, 15) is 14.4 Å². The highest BCUT2D eigenvalue weighted by molar-refractivity contribution is 5.71. The first-order valence-electron chi connectivity index (χ1n) is 29.3. The number of carbonyl (C=O) groups excluding carboxylic acids is 3. The van der Waals surface area contributed by atoms with Crippen LogP contribution in [-0.2, 0) is 28.6 Å². The Hall–Kier alpha value is -2.89. The van der Waals surface area contributed by atoms with Crippen molar-refractivity contribution in [2.24, 2.45) is 0 Å². The van der Waals surface area contributed by atoms with E-state index in [1.807, 2.05) is 0 Å². The number of unbranched alkanes of at least 4 members (excludes halogenated alkanes) is 32. The van der Waals surface area contributed by atoms with Crippen LogP contribution in [0, 0.1) is 0 Å². The first-order valence-corrected chi connectivity index (χ1v) is 29.3. The van der Waals surface area contributed by atoms with Gasteiger partial charge in [-0.3, -0.25) is 14.4 Å². The third-order valence-electron chi connectivity index (χ3n) is 12.8. The number of rotatable bonds is 53. The molecule has 1 atom stereocenters. The van der Waals surface area contributed by atoms with Gasteiger partial charge in [0.15, 0.2) is 6.10 Å². The molecule has 0 heterocycles. The van der Waals surface area contributed by atoms with Gasteiger partial charge in [0.05, 0.1) is 0 Å². The summed E-state index contributed by atoms with van der Waals surface area (Å²) in [6.07, 6.45) is 70.7. The van der Waals surface area contributed by atoms with Crippen molar-refractivity contribution >= 4 is 17.9 Å². The molecule has 0 aromatic heterocycles. The van der Waals surface area contributed by atoms with Gasteiger partial charge in [-0.2, -0.15) is 0 Å². The van der Waals surface area contributed by atoms with Crippen LogP contribution in [0.5, 0.6) is 0 Å². The van der Waals surface area contributed by atoms with Gasteiger partial charge >= 0.3 is 17.9 Å². The van der Waals surface area contributed by atoms with Crippen LogP contribution < -0.4 is 0 Å². The maximum absolute atomic E-state index is 12.8. The molecule has 394 valence electrons. The number of esters is 3. The summed E-state index contributed by atoms with van der Waals surface area (Å²) in [6.45, 7) is 6.52. The lowest BCUT2D eigenvalue weighted by atomic mass is 10.0. The van der Waals surface area contributed by atoms with Crippen LogP contribution in [0.15, 0.2) is 60.8 Å². The van der Waals surface area contributed by atoms with Crippen LogP contribution in [0.2, 0.25) is 0 Å². The van der Waals surface area contributed by atoms with E-state index in [2.05, 4.69) is 81.5 Å². The SMILES string of the molecule is CC/C=C\C/C=C\C/C=C\CCCCCCCCCC(=O)OC(COC(=O)CCCCCCCCCCCC)COC(=O)CCCCCCCCCCCCC/C=C\C/C=C\CCCCCCC. The molecule has 0 radical (unpaired) electrons. The van der Waals surface area contributed by atoms with Crippen LogP contribution >= 0.6 is 0 Å². The third-order valence-corrected chi connectivity index (χ3v) is 12.8. The van der Waals surface area contributed by atoms with Crippen molar-refractivity contribution in [2.45, 2.75) is 303 Å². The lowest BCUT2D eigenvalue weighted by Crippen LogP contribution is -2.30. The van der Waals surface area contributed by atoms with Crippen molar-refractivity contribution in [1.82, 2.24) is 0 Å². The third kappa shape index (κ3) is 54.1. The van der Waals surface area contributed by atoms with E-state index in [0.29, 0.717) is 19.3 Å². The van der Waals surface area contributed by atoms with Crippen LogP contribution in [-0.4, -0.2) is 37.2 Å². The molecule has 0 fully saturated rings. The summed E-state index contributed by atoms with van der Waals surface area (Å²) in [7, 11) is 0. The molecule has 6 nitrogen and oxygen atoms in total. The minimum absolute atomic E-state index is 0.0765. The highest BCUT2D eigenvalue weighted by Gasteiger charge is 2.19. The monoisotopic (exact) mass is 951 g/mol. The normalized spacial score (nSPS) is 12.5. The molecule has 0 aliphatic heterocycles. The van der Waals surface area contributed by atoms with Gasteiger partial charge in [-0.05, 0) is 83.5 Å². The minimum atomic E-state index is -0.778. The molecule has 0 aliphatic carbocycles. The van der Waals surface area contributed by atoms with E-state index in [-0.39, 0.29) is 31.1 Å². The first-order chi connectivity index (χ1) is 33.5. The smallest absolute Gasteiger partial charge is 0.306 e. The molecule has 0 amide bonds. The molecule has 0 aromatic carbocycles. The fourth-order valence-corrected chi connectivity index (χ4v) is 8.37. The average molecular weight is 952 g/mol. The lowest BCUT2D eigenvalue weighted by molar-refractivity contribution is -0.167. The zero-order valence-electron chi connectivity index (χ0n) is 45.1. The average Bonchev–Trinajstić information content (AvgIpc) is 3.34. The highest BCUT2D eigenvalue weighted by atomic mass is 16.6. The second-order valence-electron chi connectivity index (χ2n) is 19.5. The standard InChI is InChI=1S/C62H110O6/c1-4-7-10-13-16-19-22-24-26-28-29-30-31-32-33-35-36-38-40-43-46-49-52-55-61(64)67-58-59(57-66-60(63)54-51-48-45-42-21-18-15-12-9-6-3)68-62(65)56-53-50-47-44-41-39-37-34-27-25-23-20-17-14-11-8-5-2/h8,11,17,20,22,24-25,27-29,59H,4-7,9-10,12-16,18-19,21,23,26,30-58H2,1-3H3/b11-8-,20-17-,24-22-,27-25-,29-28-. The molecule has 0 aliphatic rings. The molecule has 0 saturated heterocycles. The Labute approximate surface area is 421 Å². The first kappa shape index (κ1) is 65.1. The van der Waals surface area contributed by atoms with Crippen molar-refractivity contribution in [1.29, 1.82) is 0 Å². The fourth-order valence-electron chi connectivity index (χ4n) is 8.37. The van der Waals surface area contributed by atoms with E-state index in [4.69, 9.17) is 14.2 Å². The molecule has 0 rings (SSSR count). The van der Waals surface area contributed by atoms with E-state index in [0.717, 1.165) is 89.9 Å². The van der Waals surface area contributed by atoms with Crippen LogP contribution in [0.3, 0.4) is 0 Å². The van der Waals surface area contributed by atoms with E-state index in [1.54, 1.807) is 0 Å². The van der Waals surface area contributed by atoms with Gasteiger partial charge in [-0.25, -0.2) is 0 Å². The molecule has 0 bridgehead atoms. The second-order valence-corrected chi connectivity index (χ2v) is 19.5.